The van der Waals surface area contributed by atoms with Crippen molar-refractivity contribution in [3.8, 4) is 23.3 Å². The first-order valence-corrected chi connectivity index (χ1v) is 10.9. The summed E-state index contributed by atoms with van der Waals surface area (Å²) < 4.78 is 21.8. The molecule has 0 spiro atoms. The lowest BCUT2D eigenvalue weighted by Gasteiger charge is -2.26. The van der Waals surface area contributed by atoms with Gasteiger partial charge in [-0.15, -0.1) is 0 Å². The Balaban J connectivity index is 1.70. The Labute approximate surface area is 198 Å². The van der Waals surface area contributed by atoms with E-state index in [0.717, 1.165) is 0 Å². The monoisotopic (exact) mass is 465 g/mol. The summed E-state index contributed by atoms with van der Waals surface area (Å²) >= 11 is 0. The number of amides is 2. The number of carbonyl (C=O) groups is 2. The van der Waals surface area contributed by atoms with Gasteiger partial charge in [-0.05, 0) is 42.8 Å². The number of methoxy groups -OCH3 is 1. The quantitative estimate of drug-likeness (QED) is 0.448. The largest absolute Gasteiger partial charge is 0.493 e. The van der Waals surface area contributed by atoms with Crippen molar-refractivity contribution in [2.75, 3.05) is 51.9 Å². The van der Waals surface area contributed by atoms with Crippen LogP contribution in [0.1, 0.15) is 12.5 Å². The number of nitrogens with one attached hydrogen (secondary N) is 1. The fraction of sp³-hybridized carbons (Fsp3) is 0.320. The van der Waals surface area contributed by atoms with Crippen molar-refractivity contribution in [3.63, 3.8) is 0 Å². The highest BCUT2D eigenvalue weighted by Gasteiger charge is 2.18. The van der Waals surface area contributed by atoms with Gasteiger partial charge in [-0.1, -0.05) is 18.2 Å². The minimum Gasteiger partial charge on any atom is -0.493 e. The Morgan fingerprint density at radius 3 is 2.59 bits per heavy atom. The summed E-state index contributed by atoms with van der Waals surface area (Å²) in [6.45, 7) is 4.27. The standard InChI is InChI=1S/C25H27N3O6/c1-3-33-21-7-5-4-6-20(21)27-25(30)19(16-26)14-18-8-9-22(23(15-18)31-2)34-17-24(29)28-10-12-32-13-11-28/h4-9,14-15H,3,10-13,17H2,1-2H3,(H,27,30)/b19-14+. The minimum absolute atomic E-state index is 0.0930. The second-order valence-electron chi connectivity index (χ2n) is 7.25. The number of morpholine rings is 1. The van der Waals surface area contributed by atoms with Crippen LogP contribution in [0, 0.1) is 11.3 Å². The summed E-state index contributed by atoms with van der Waals surface area (Å²) in [5, 5.41) is 12.3. The highest BCUT2D eigenvalue weighted by Crippen LogP contribution is 2.29. The molecule has 2 amide bonds. The number of anilines is 1. The number of benzene rings is 2. The maximum Gasteiger partial charge on any atom is 0.266 e. The van der Waals surface area contributed by atoms with E-state index in [4.69, 9.17) is 18.9 Å². The van der Waals surface area contributed by atoms with Crippen molar-refractivity contribution >= 4 is 23.6 Å². The normalized spacial score (nSPS) is 13.6. The zero-order valence-electron chi connectivity index (χ0n) is 19.2. The van der Waals surface area contributed by atoms with E-state index in [0.29, 0.717) is 61.4 Å². The van der Waals surface area contributed by atoms with Crippen molar-refractivity contribution in [1.29, 1.82) is 5.26 Å². The zero-order valence-corrected chi connectivity index (χ0v) is 19.2. The third-order valence-electron chi connectivity index (χ3n) is 5.01. The summed E-state index contributed by atoms with van der Waals surface area (Å²) in [6, 6.07) is 13.9. The number of hydrogen-bond donors (Lipinski definition) is 1. The number of ether oxygens (including phenoxy) is 4. The molecule has 1 N–H and O–H groups in total. The molecule has 2 aromatic carbocycles. The van der Waals surface area contributed by atoms with Gasteiger partial charge in [0.1, 0.15) is 17.4 Å². The molecular formula is C25H27N3O6. The number of nitrogens with zero attached hydrogens (tertiary/aromatic N) is 2. The van der Waals surface area contributed by atoms with Gasteiger partial charge < -0.3 is 29.2 Å². The Morgan fingerprint density at radius 2 is 1.88 bits per heavy atom. The van der Waals surface area contributed by atoms with Crippen LogP contribution in [-0.4, -0.2) is 63.3 Å². The highest BCUT2D eigenvalue weighted by molar-refractivity contribution is 6.10. The number of para-hydroxylation sites is 2. The van der Waals surface area contributed by atoms with Crippen LogP contribution < -0.4 is 19.5 Å². The lowest BCUT2D eigenvalue weighted by molar-refractivity contribution is -0.137. The predicted molar refractivity (Wildman–Crippen MR) is 126 cm³/mol. The molecule has 178 valence electrons. The topological polar surface area (TPSA) is 110 Å². The molecule has 0 aromatic heterocycles. The van der Waals surface area contributed by atoms with Gasteiger partial charge >= 0.3 is 0 Å². The van der Waals surface area contributed by atoms with Gasteiger partial charge in [-0.25, -0.2) is 0 Å². The van der Waals surface area contributed by atoms with Gasteiger partial charge in [-0.2, -0.15) is 5.26 Å². The van der Waals surface area contributed by atoms with Crippen LogP contribution in [0.3, 0.4) is 0 Å². The molecule has 0 radical (unpaired) electrons. The van der Waals surface area contributed by atoms with Crippen LogP contribution in [0.2, 0.25) is 0 Å². The molecule has 0 aliphatic carbocycles. The SMILES string of the molecule is CCOc1ccccc1NC(=O)/C(C#N)=C/c1ccc(OCC(=O)N2CCOCC2)c(OC)c1. The Hall–Kier alpha value is -4.03. The van der Waals surface area contributed by atoms with E-state index in [-0.39, 0.29) is 18.1 Å². The maximum atomic E-state index is 12.7. The van der Waals surface area contributed by atoms with Crippen LogP contribution in [0.15, 0.2) is 48.0 Å². The summed E-state index contributed by atoms with van der Waals surface area (Å²) in [5.41, 5.74) is 0.944. The lowest BCUT2D eigenvalue weighted by Crippen LogP contribution is -2.43. The van der Waals surface area contributed by atoms with Crippen LogP contribution in [0.25, 0.3) is 6.08 Å². The second kappa shape index (κ2) is 12.3. The average Bonchev–Trinajstić information content (AvgIpc) is 2.87. The van der Waals surface area contributed by atoms with Gasteiger partial charge in [-0.3, -0.25) is 9.59 Å². The molecule has 3 rings (SSSR count). The first kappa shape index (κ1) is 24.6. The number of carbonyl (C=O) groups excluding carboxylic acids is 2. The molecule has 1 heterocycles. The third-order valence-corrected chi connectivity index (χ3v) is 5.01. The molecule has 34 heavy (non-hydrogen) atoms. The van der Waals surface area contributed by atoms with Crippen molar-refractivity contribution in [1.82, 2.24) is 4.90 Å². The summed E-state index contributed by atoms with van der Waals surface area (Å²) in [7, 11) is 1.47. The minimum atomic E-state index is -0.565. The number of rotatable bonds is 9. The third kappa shape index (κ3) is 6.49. The maximum absolute atomic E-state index is 12.7. The lowest BCUT2D eigenvalue weighted by atomic mass is 10.1. The Kier molecular flexibility index (Phi) is 8.88. The fourth-order valence-corrected chi connectivity index (χ4v) is 3.29. The van der Waals surface area contributed by atoms with Crippen molar-refractivity contribution in [2.45, 2.75) is 6.92 Å². The molecule has 1 saturated heterocycles. The summed E-state index contributed by atoms with van der Waals surface area (Å²) in [6.07, 6.45) is 1.45. The smallest absolute Gasteiger partial charge is 0.266 e. The van der Waals surface area contributed by atoms with E-state index >= 15 is 0 Å². The molecule has 0 bridgehead atoms. The molecule has 0 saturated carbocycles. The zero-order chi connectivity index (χ0) is 24.3. The van der Waals surface area contributed by atoms with E-state index < -0.39 is 5.91 Å². The van der Waals surface area contributed by atoms with Crippen molar-refractivity contribution in [2.24, 2.45) is 0 Å². The highest BCUT2D eigenvalue weighted by atomic mass is 16.5. The molecule has 9 nitrogen and oxygen atoms in total. The van der Waals surface area contributed by atoms with Crippen molar-refractivity contribution in [3.05, 3.63) is 53.6 Å². The number of nitriles is 1. The van der Waals surface area contributed by atoms with Crippen molar-refractivity contribution < 1.29 is 28.5 Å². The van der Waals surface area contributed by atoms with E-state index in [2.05, 4.69) is 5.32 Å². The molecule has 0 unspecified atom stereocenters. The van der Waals surface area contributed by atoms with Gasteiger partial charge in [0, 0.05) is 13.1 Å². The Bertz CT molecular complexity index is 1090. The Morgan fingerprint density at radius 1 is 1.12 bits per heavy atom. The molecule has 1 aliphatic rings. The van der Waals surface area contributed by atoms with E-state index in [9.17, 15) is 14.9 Å². The molecule has 2 aromatic rings. The second-order valence-corrected chi connectivity index (χ2v) is 7.25. The van der Waals surface area contributed by atoms with Gasteiger partial charge in [0.2, 0.25) is 0 Å². The van der Waals surface area contributed by atoms with Crippen LogP contribution >= 0.6 is 0 Å². The van der Waals surface area contributed by atoms with Crippen LogP contribution in [-0.2, 0) is 14.3 Å². The summed E-state index contributed by atoms with van der Waals surface area (Å²) in [5.74, 6) is 0.582. The van der Waals surface area contributed by atoms with Gasteiger partial charge in [0.25, 0.3) is 11.8 Å². The van der Waals surface area contributed by atoms with E-state index in [1.807, 2.05) is 13.0 Å². The molecule has 1 fully saturated rings. The summed E-state index contributed by atoms with van der Waals surface area (Å²) in [4.78, 5) is 26.7. The first-order chi connectivity index (χ1) is 16.5. The first-order valence-electron chi connectivity index (χ1n) is 10.9. The van der Waals surface area contributed by atoms with E-state index in [1.165, 1.54) is 13.2 Å². The molecule has 9 heteroatoms. The van der Waals surface area contributed by atoms with Gasteiger partial charge in [0.15, 0.2) is 18.1 Å². The van der Waals surface area contributed by atoms with E-state index in [1.54, 1.807) is 47.4 Å². The van der Waals surface area contributed by atoms with Crippen LogP contribution in [0.5, 0.6) is 17.2 Å². The molecule has 0 atom stereocenters. The van der Waals surface area contributed by atoms with Gasteiger partial charge in [0.05, 0.1) is 32.6 Å². The van der Waals surface area contributed by atoms with Crippen LogP contribution in [0.4, 0.5) is 5.69 Å². The molecule has 1 aliphatic heterocycles. The predicted octanol–water partition coefficient (Wildman–Crippen LogP) is 2.88. The fourth-order valence-electron chi connectivity index (χ4n) is 3.29. The average molecular weight is 466 g/mol. The molecular weight excluding hydrogens is 438 g/mol. The number of hydrogen-bond acceptors (Lipinski definition) is 7.